The highest BCUT2D eigenvalue weighted by Crippen LogP contribution is 2.38. The van der Waals surface area contributed by atoms with Crippen molar-refractivity contribution in [3.8, 4) is 11.5 Å². The summed E-state index contributed by atoms with van der Waals surface area (Å²) in [7, 11) is 0. The molecule has 1 aliphatic heterocycles. The Morgan fingerprint density at radius 2 is 1.78 bits per heavy atom. The van der Waals surface area contributed by atoms with Gasteiger partial charge < -0.3 is 19.5 Å². The molecule has 2 heterocycles. The molecule has 0 aliphatic carbocycles. The van der Waals surface area contributed by atoms with E-state index in [0.29, 0.717) is 40.8 Å². The Morgan fingerprint density at radius 1 is 1.06 bits per heavy atom. The molecule has 7 nitrogen and oxygen atoms in total. The fourth-order valence-corrected chi connectivity index (χ4v) is 4.87. The lowest BCUT2D eigenvalue weighted by Gasteiger charge is -2.25. The van der Waals surface area contributed by atoms with E-state index in [1.54, 1.807) is 25.1 Å². The Hall–Kier alpha value is -2.29. The molecule has 3 rings (SSSR count). The van der Waals surface area contributed by atoms with E-state index in [1.165, 1.54) is 11.3 Å². The number of carbonyl (C=O) groups excluding carboxylic acids is 2. The maximum absolute atomic E-state index is 13.0. The van der Waals surface area contributed by atoms with Crippen molar-refractivity contribution in [2.24, 2.45) is 0 Å². The third-order valence-corrected chi connectivity index (χ3v) is 6.23. The molecule has 1 aromatic heterocycles. The normalized spacial score (nSPS) is 13.0. The third-order valence-electron chi connectivity index (χ3n) is 5.10. The first kappa shape index (κ1) is 26.0. The number of nitrogens with one attached hydrogen (secondary N) is 1. The van der Waals surface area contributed by atoms with Crippen LogP contribution in [0.5, 0.6) is 11.5 Å². The van der Waals surface area contributed by atoms with E-state index < -0.39 is 0 Å². The topological polar surface area (TPSA) is 77.1 Å². The number of carbonyl (C=O) groups is 2. The van der Waals surface area contributed by atoms with Crippen molar-refractivity contribution < 1.29 is 23.8 Å². The van der Waals surface area contributed by atoms with Crippen molar-refractivity contribution in [2.45, 2.75) is 40.7 Å². The zero-order valence-electron chi connectivity index (χ0n) is 19.0. The van der Waals surface area contributed by atoms with Crippen LogP contribution in [-0.2, 0) is 17.7 Å². The SMILES string of the molecule is CCOC(=O)c1c(NC(=O)c2ccc(OCC)c(OCC)c2)sc2c1CCN(CC)C2.Cl. The van der Waals surface area contributed by atoms with Gasteiger partial charge in [-0.25, -0.2) is 4.79 Å². The number of halogens is 1. The number of likely N-dealkylation sites (N-methyl/N-ethyl adjacent to an activating group) is 1. The predicted octanol–water partition coefficient (Wildman–Crippen LogP) is 4.77. The molecular formula is C23H31ClN2O5S. The van der Waals surface area contributed by atoms with Crippen LogP contribution in [0.3, 0.4) is 0 Å². The van der Waals surface area contributed by atoms with E-state index in [-0.39, 0.29) is 30.9 Å². The summed E-state index contributed by atoms with van der Waals surface area (Å²) in [6, 6.07) is 5.09. The van der Waals surface area contributed by atoms with Crippen LogP contribution in [0.1, 0.15) is 58.9 Å². The Kier molecular flexibility index (Phi) is 9.81. The van der Waals surface area contributed by atoms with Gasteiger partial charge in [-0.2, -0.15) is 0 Å². The lowest BCUT2D eigenvalue weighted by molar-refractivity contribution is 0.0526. The summed E-state index contributed by atoms with van der Waals surface area (Å²) in [4.78, 5) is 29.2. The highest BCUT2D eigenvalue weighted by molar-refractivity contribution is 7.17. The number of nitrogens with zero attached hydrogens (tertiary/aromatic N) is 1. The van der Waals surface area contributed by atoms with Crippen LogP contribution in [0.15, 0.2) is 18.2 Å². The van der Waals surface area contributed by atoms with E-state index in [9.17, 15) is 9.59 Å². The highest BCUT2D eigenvalue weighted by Gasteiger charge is 2.29. The molecule has 0 bridgehead atoms. The van der Waals surface area contributed by atoms with Crippen molar-refractivity contribution in [1.29, 1.82) is 0 Å². The van der Waals surface area contributed by atoms with Crippen molar-refractivity contribution in [3.63, 3.8) is 0 Å². The van der Waals surface area contributed by atoms with E-state index >= 15 is 0 Å². The highest BCUT2D eigenvalue weighted by atomic mass is 35.5. The molecule has 1 aliphatic rings. The molecule has 0 unspecified atom stereocenters. The monoisotopic (exact) mass is 482 g/mol. The largest absolute Gasteiger partial charge is 0.490 e. The first-order valence-corrected chi connectivity index (χ1v) is 11.6. The van der Waals surface area contributed by atoms with Crippen LogP contribution in [0.25, 0.3) is 0 Å². The fraction of sp³-hybridized carbons (Fsp3) is 0.478. The quantitative estimate of drug-likeness (QED) is 0.518. The molecular weight excluding hydrogens is 452 g/mol. The van der Waals surface area contributed by atoms with Crippen LogP contribution in [-0.4, -0.2) is 49.7 Å². The fourth-order valence-electron chi connectivity index (χ4n) is 3.60. The number of thiophene rings is 1. The summed E-state index contributed by atoms with van der Waals surface area (Å²) < 4.78 is 16.5. The van der Waals surface area contributed by atoms with Gasteiger partial charge >= 0.3 is 5.97 Å². The average molecular weight is 483 g/mol. The van der Waals surface area contributed by atoms with Gasteiger partial charge in [0.15, 0.2) is 11.5 Å². The van der Waals surface area contributed by atoms with Gasteiger partial charge in [-0.15, -0.1) is 23.7 Å². The molecule has 9 heteroatoms. The van der Waals surface area contributed by atoms with Crippen molar-refractivity contribution >= 4 is 40.6 Å². The number of anilines is 1. The molecule has 0 atom stereocenters. The zero-order chi connectivity index (χ0) is 22.4. The maximum atomic E-state index is 13.0. The summed E-state index contributed by atoms with van der Waals surface area (Å²) in [6.45, 7) is 11.5. The molecule has 1 aromatic carbocycles. The maximum Gasteiger partial charge on any atom is 0.341 e. The number of amides is 1. The summed E-state index contributed by atoms with van der Waals surface area (Å²) in [5, 5.41) is 3.48. The number of esters is 1. The van der Waals surface area contributed by atoms with Gasteiger partial charge in [-0.3, -0.25) is 9.69 Å². The van der Waals surface area contributed by atoms with Crippen LogP contribution in [0, 0.1) is 0 Å². The minimum atomic E-state index is -0.387. The second-order valence-corrected chi connectivity index (χ2v) is 8.13. The number of ether oxygens (including phenoxy) is 3. The van der Waals surface area contributed by atoms with Crippen LogP contribution < -0.4 is 14.8 Å². The number of rotatable bonds is 9. The lowest BCUT2D eigenvalue weighted by Crippen LogP contribution is -2.30. The van der Waals surface area contributed by atoms with Gasteiger partial charge in [-0.1, -0.05) is 6.92 Å². The summed E-state index contributed by atoms with van der Waals surface area (Å²) in [6.07, 6.45) is 0.765. The molecule has 0 radical (unpaired) electrons. The Labute approximate surface area is 199 Å². The number of benzene rings is 1. The van der Waals surface area contributed by atoms with Crippen molar-refractivity contribution in [3.05, 3.63) is 39.8 Å². The summed E-state index contributed by atoms with van der Waals surface area (Å²) >= 11 is 1.45. The Morgan fingerprint density at radius 3 is 2.44 bits per heavy atom. The molecule has 0 saturated carbocycles. The zero-order valence-corrected chi connectivity index (χ0v) is 20.6. The van der Waals surface area contributed by atoms with E-state index in [4.69, 9.17) is 14.2 Å². The average Bonchev–Trinajstić information content (AvgIpc) is 3.12. The van der Waals surface area contributed by atoms with Crippen LogP contribution >= 0.6 is 23.7 Å². The summed E-state index contributed by atoms with van der Waals surface area (Å²) in [5.74, 6) is 0.425. The number of fused-ring (bicyclic) bond motifs is 1. The molecule has 32 heavy (non-hydrogen) atoms. The third kappa shape index (κ3) is 5.74. The standard InChI is InChI=1S/C23H30N2O5S.ClH/c1-5-25-12-11-16-19(14-25)31-22(20(16)23(27)30-8-4)24-21(26)15-9-10-17(28-6-2)18(13-15)29-7-3;/h9-10,13H,5-8,11-12,14H2,1-4H3,(H,24,26);1H. The van der Waals surface area contributed by atoms with Gasteiger partial charge in [0.25, 0.3) is 5.91 Å². The van der Waals surface area contributed by atoms with Crippen molar-refractivity contribution in [2.75, 3.05) is 38.2 Å². The molecule has 0 saturated heterocycles. The van der Waals surface area contributed by atoms with Gasteiger partial charge in [0, 0.05) is 23.5 Å². The number of hydrogen-bond acceptors (Lipinski definition) is 7. The summed E-state index contributed by atoms with van der Waals surface area (Å²) in [5.41, 5.74) is 1.91. The van der Waals surface area contributed by atoms with Crippen LogP contribution in [0.4, 0.5) is 5.00 Å². The lowest BCUT2D eigenvalue weighted by atomic mass is 10.0. The molecule has 176 valence electrons. The van der Waals surface area contributed by atoms with Gasteiger partial charge in [0.05, 0.1) is 25.4 Å². The first-order valence-electron chi connectivity index (χ1n) is 10.8. The molecule has 1 amide bonds. The molecule has 1 N–H and O–H groups in total. The minimum Gasteiger partial charge on any atom is -0.490 e. The van der Waals surface area contributed by atoms with Gasteiger partial charge in [-0.05, 0) is 57.5 Å². The smallest absolute Gasteiger partial charge is 0.341 e. The van der Waals surface area contributed by atoms with Gasteiger partial charge in [0.2, 0.25) is 0 Å². The Balaban J connectivity index is 0.00000363. The first-order chi connectivity index (χ1) is 15.0. The predicted molar refractivity (Wildman–Crippen MR) is 129 cm³/mol. The van der Waals surface area contributed by atoms with Crippen LogP contribution in [0.2, 0.25) is 0 Å². The van der Waals surface area contributed by atoms with E-state index in [1.807, 2.05) is 13.8 Å². The molecule has 0 fully saturated rings. The van der Waals surface area contributed by atoms with E-state index in [2.05, 4.69) is 17.1 Å². The van der Waals surface area contributed by atoms with Crippen molar-refractivity contribution in [1.82, 2.24) is 4.90 Å². The Bertz CT molecular complexity index is 947. The minimum absolute atomic E-state index is 0. The number of hydrogen-bond donors (Lipinski definition) is 1. The molecule has 2 aromatic rings. The molecule has 0 spiro atoms. The second-order valence-electron chi connectivity index (χ2n) is 7.03. The van der Waals surface area contributed by atoms with E-state index in [0.717, 1.165) is 36.5 Å². The second kappa shape index (κ2) is 12.1. The van der Waals surface area contributed by atoms with Gasteiger partial charge in [0.1, 0.15) is 5.00 Å².